The Morgan fingerprint density at radius 1 is 1.29 bits per heavy atom. The van der Waals surface area contributed by atoms with Crippen LogP contribution in [0.3, 0.4) is 0 Å². The first kappa shape index (κ1) is 18.0. The Bertz CT molecular complexity index is 1060. The summed E-state index contributed by atoms with van der Waals surface area (Å²) in [4.78, 5) is 25.8. The maximum Gasteiger partial charge on any atom is 0.339 e. The van der Waals surface area contributed by atoms with Crippen molar-refractivity contribution in [3.8, 4) is 17.0 Å². The van der Waals surface area contributed by atoms with Crippen molar-refractivity contribution in [3.63, 3.8) is 0 Å². The molecule has 0 saturated carbocycles. The van der Waals surface area contributed by atoms with E-state index < -0.39 is 5.63 Å². The third kappa shape index (κ3) is 3.80. The molecule has 28 heavy (non-hydrogen) atoms. The van der Waals surface area contributed by atoms with Crippen molar-refractivity contribution in [2.24, 2.45) is 0 Å². The van der Waals surface area contributed by atoms with Gasteiger partial charge in [0.15, 0.2) is 0 Å². The van der Waals surface area contributed by atoms with Crippen LogP contribution in [-0.2, 0) is 0 Å². The van der Waals surface area contributed by atoms with Crippen LogP contribution in [0.4, 0.5) is 4.39 Å². The summed E-state index contributed by atoms with van der Waals surface area (Å²) in [5.41, 5.74) is 1.18. The first-order chi connectivity index (χ1) is 13.5. The van der Waals surface area contributed by atoms with Gasteiger partial charge in [0, 0.05) is 24.6 Å². The molecule has 1 aliphatic rings. The predicted molar refractivity (Wildman–Crippen MR) is 98.6 cm³/mol. The number of ether oxygens (including phenoxy) is 1. The Morgan fingerprint density at radius 2 is 2.07 bits per heavy atom. The first-order valence-electron chi connectivity index (χ1n) is 8.87. The highest BCUT2D eigenvalue weighted by molar-refractivity contribution is 5.93. The normalized spacial score (nSPS) is 16.4. The molecule has 144 valence electrons. The molecule has 0 unspecified atom stereocenters. The Morgan fingerprint density at radius 3 is 2.82 bits per heavy atom. The van der Waals surface area contributed by atoms with Crippen molar-refractivity contribution in [1.82, 2.24) is 15.1 Å². The molecular weight excluding hydrogens is 365 g/mol. The number of carbonyl (C=O) groups is 1. The summed E-state index contributed by atoms with van der Waals surface area (Å²) in [5.74, 6) is 0.396. The van der Waals surface area contributed by atoms with Gasteiger partial charge in [-0.15, -0.1) is 0 Å². The second-order valence-corrected chi connectivity index (χ2v) is 6.68. The van der Waals surface area contributed by atoms with E-state index in [9.17, 15) is 14.0 Å². The van der Waals surface area contributed by atoms with Gasteiger partial charge < -0.3 is 14.1 Å². The second-order valence-electron chi connectivity index (χ2n) is 6.68. The summed E-state index contributed by atoms with van der Waals surface area (Å²) in [6, 6.07) is 10.5. The van der Waals surface area contributed by atoms with Gasteiger partial charge in [-0.3, -0.25) is 9.89 Å². The van der Waals surface area contributed by atoms with Crippen molar-refractivity contribution in [1.29, 1.82) is 0 Å². The molecule has 2 aromatic heterocycles. The number of carbonyl (C=O) groups excluding carboxylic acids is 1. The Balaban J connectivity index is 1.42. The highest BCUT2D eigenvalue weighted by Crippen LogP contribution is 2.22. The third-order valence-corrected chi connectivity index (χ3v) is 4.55. The van der Waals surface area contributed by atoms with E-state index in [2.05, 4.69) is 10.2 Å². The number of aryl methyl sites for hydroxylation is 1. The molecule has 4 rings (SSSR count). The molecule has 0 bridgehead atoms. The SMILES string of the molecule is Cc1cc(O[C@@H]2CCN(C(=O)c3cc(-c4ccc(F)cc4)n[nH]3)C2)cc(=O)o1. The largest absolute Gasteiger partial charge is 0.488 e. The molecule has 1 amide bonds. The van der Waals surface area contributed by atoms with Gasteiger partial charge >= 0.3 is 5.63 Å². The zero-order valence-corrected chi connectivity index (χ0v) is 15.1. The number of nitrogens with one attached hydrogen (secondary N) is 1. The van der Waals surface area contributed by atoms with Crippen LogP contribution in [0.1, 0.15) is 22.7 Å². The fourth-order valence-corrected chi connectivity index (χ4v) is 3.22. The van der Waals surface area contributed by atoms with E-state index in [4.69, 9.17) is 9.15 Å². The van der Waals surface area contributed by atoms with Gasteiger partial charge in [0.2, 0.25) is 0 Å². The summed E-state index contributed by atoms with van der Waals surface area (Å²) in [5, 5.41) is 6.89. The maximum atomic E-state index is 13.1. The highest BCUT2D eigenvalue weighted by Gasteiger charge is 2.29. The lowest BCUT2D eigenvalue weighted by Gasteiger charge is -2.16. The Kier molecular flexibility index (Phi) is 4.68. The summed E-state index contributed by atoms with van der Waals surface area (Å²) >= 11 is 0. The van der Waals surface area contributed by atoms with Gasteiger partial charge in [-0.25, -0.2) is 9.18 Å². The van der Waals surface area contributed by atoms with Crippen molar-refractivity contribution in [2.75, 3.05) is 13.1 Å². The fraction of sp³-hybridized carbons (Fsp3) is 0.250. The molecular formula is C20H18FN3O4. The number of halogens is 1. The Labute approximate surface area is 159 Å². The molecule has 1 aliphatic heterocycles. The quantitative estimate of drug-likeness (QED) is 0.748. The van der Waals surface area contributed by atoms with Crippen molar-refractivity contribution in [3.05, 3.63) is 70.2 Å². The van der Waals surface area contributed by atoms with Crippen molar-refractivity contribution in [2.45, 2.75) is 19.4 Å². The van der Waals surface area contributed by atoms with E-state index in [-0.39, 0.29) is 17.8 Å². The predicted octanol–water partition coefficient (Wildman–Crippen LogP) is 2.77. The third-order valence-electron chi connectivity index (χ3n) is 4.55. The number of benzene rings is 1. The van der Waals surface area contributed by atoms with E-state index >= 15 is 0 Å². The summed E-state index contributed by atoms with van der Waals surface area (Å²) < 4.78 is 23.8. The molecule has 0 aliphatic carbocycles. The highest BCUT2D eigenvalue weighted by atomic mass is 19.1. The van der Waals surface area contributed by atoms with Gasteiger partial charge in [-0.2, -0.15) is 5.10 Å². The molecule has 7 nitrogen and oxygen atoms in total. The van der Waals surface area contributed by atoms with Crippen LogP contribution < -0.4 is 10.4 Å². The average Bonchev–Trinajstić information content (AvgIpc) is 3.31. The molecule has 1 aromatic carbocycles. The monoisotopic (exact) mass is 383 g/mol. The van der Waals surface area contributed by atoms with Gasteiger partial charge in [-0.05, 0) is 37.3 Å². The van der Waals surface area contributed by atoms with Gasteiger partial charge in [0.25, 0.3) is 5.91 Å². The maximum absolute atomic E-state index is 13.1. The number of amides is 1. The number of nitrogens with zero attached hydrogens (tertiary/aromatic N) is 2. The number of hydrogen-bond donors (Lipinski definition) is 1. The van der Waals surface area contributed by atoms with Crippen LogP contribution in [0.15, 0.2) is 51.7 Å². The van der Waals surface area contributed by atoms with E-state index in [1.807, 2.05) is 0 Å². The molecule has 3 heterocycles. The Hall–Kier alpha value is -3.42. The molecule has 1 fully saturated rings. The minimum atomic E-state index is -0.466. The molecule has 1 saturated heterocycles. The second kappa shape index (κ2) is 7.30. The van der Waals surface area contributed by atoms with Gasteiger partial charge in [-0.1, -0.05) is 0 Å². The van der Waals surface area contributed by atoms with Gasteiger partial charge in [0.05, 0.1) is 18.3 Å². The number of likely N-dealkylation sites (tertiary alicyclic amines) is 1. The molecule has 8 heteroatoms. The van der Waals surface area contributed by atoms with Crippen LogP contribution in [0.2, 0.25) is 0 Å². The standard InChI is InChI=1S/C20H18FN3O4/c1-12-8-16(9-19(25)27-12)28-15-6-7-24(11-15)20(26)18-10-17(22-23-18)13-2-4-14(21)5-3-13/h2-5,8-10,15H,6-7,11H2,1H3,(H,22,23)/t15-/m1/s1. The van der Waals surface area contributed by atoms with Crippen LogP contribution in [0.5, 0.6) is 5.75 Å². The summed E-state index contributed by atoms with van der Waals surface area (Å²) in [6.45, 7) is 2.62. The average molecular weight is 383 g/mol. The van der Waals surface area contributed by atoms with Crippen molar-refractivity contribution < 1.29 is 18.3 Å². The summed E-state index contributed by atoms with van der Waals surface area (Å²) in [6.07, 6.45) is 0.453. The zero-order valence-electron chi connectivity index (χ0n) is 15.1. The molecule has 1 N–H and O–H groups in total. The molecule has 0 spiro atoms. The number of hydrogen-bond acceptors (Lipinski definition) is 5. The number of H-pyrrole nitrogens is 1. The number of aromatic amines is 1. The number of aromatic nitrogens is 2. The van der Waals surface area contributed by atoms with Crippen LogP contribution >= 0.6 is 0 Å². The number of rotatable bonds is 4. The zero-order chi connectivity index (χ0) is 19.7. The van der Waals surface area contributed by atoms with E-state index in [1.54, 1.807) is 36.1 Å². The van der Waals surface area contributed by atoms with Gasteiger partial charge in [0.1, 0.15) is 29.1 Å². The van der Waals surface area contributed by atoms with E-state index in [1.165, 1.54) is 18.2 Å². The van der Waals surface area contributed by atoms with E-state index in [0.717, 1.165) is 5.56 Å². The van der Waals surface area contributed by atoms with Crippen LogP contribution in [0, 0.1) is 12.7 Å². The van der Waals surface area contributed by atoms with Crippen LogP contribution in [-0.4, -0.2) is 40.2 Å². The van der Waals surface area contributed by atoms with Crippen LogP contribution in [0.25, 0.3) is 11.3 Å². The lowest BCUT2D eigenvalue weighted by atomic mass is 10.1. The fourth-order valence-electron chi connectivity index (χ4n) is 3.22. The smallest absolute Gasteiger partial charge is 0.339 e. The molecule has 3 aromatic rings. The topological polar surface area (TPSA) is 88.4 Å². The van der Waals surface area contributed by atoms with E-state index in [0.29, 0.717) is 42.4 Å². The molecule has 0 radical (unpaired) electrons. The lowest BCUT2D eigenvalue weighted by molar-refractivity contribution is 0.0766. The minimum absolute atomic E-state index is 0.185. The van der Waals surface area contributed by atoms with Crippen molar-refractivity contribution >= 4 is 5.91 Å². The first-order valence-corrected chi connectivity index (χ1v) is 8.87. The molecule has 1 atom stereocenters. The lowest BCUT2D eigenvalue weighted by Crippen LogP contribution is -2.31. The minimum Gasteiger partial charge on any atom is -0.488 e. The summed E-state index contributed by atoms with van der Waals surface area (Å²) in [7, 11) is 0.